The van der Waals surface area contributed by atoms with Crippen LogP contribution in [-0.4, -0.2) is 65.9 Å². The largest absolute Gasteiger partial charge is 0.444 e. The second kappa shape index (κ2) is 23.3. The lowest BCUT2D eigenvalue weighted by Crippen LogP contribution is -2.39. The Hall–Kier alpha value is -4.44. The molecule has 2 aromatic carbocycles. The van der Waals surface area contributed by atoms with E-state index in [0.29, 0.717) is 19.6 Å². The Morgan fingerprint density at radius 3 is 2.25 bits per heavy atom. The SMILES string of the molecule is CC.CCC.CNC(=O)OC(C)(C)C.COCCCn1c(C2CCCN(C(=O)CCCc3ccc(-c4ccc(=O)[nH]c4)cc3)C2)cc2ccc(F)cc21. The van der Waals surface area contributed by atoms with Gasteiger partial charge < -0.3 is 29.2 Å². The summed E-state index contributed by atoms with van der Waals surface area (Å²) in [4.78, 5) is 39.7. The quantitative estimate of drug-likeness (QED) is 0.158. The van der Waals surface area contributed by atoms with Gasteiger partial charge in [-0.2, -0.15) is 0 Å². The summed E-state index contributed by atoms with van der Waals surface area (Å²) in [5.74, 6) is 0.213. The number of piperidine rings is 1. The maximum Gasteiger partial charge on any atom is 0.407 e. The Bertz CT molecular complexity index is 1710. The molecular weight excluding hydrogens is 671 g/mol. The first-order valence-electron chi connectivity index (χ1n) is 19.1. The van der Waals surface area contributed by atoms with Gasteiger partial charge in [0, 0.05) is 76.1 Å². The van der Waals surface area contributed by atoms with E-state index < -0.39 is 0 Å². The molecule has 292 valence electrons. The molecule has 3 heterocycles. The molecule has 1 fully saturated rings. The van der Waals surface area contributed by atoms with Crippen LogP contribution in [0.3, 0.4) is 0 Å². The van der Waals surface area contributed by atoms with E-state index >= 15 is 0 Å². The molecule has 5 rings (SSSR count). The summed E-state index contributed by atoms with van der Waals surface area (Å²) >= 11 is 0. The first-order valence-corrected chi connectivity index (χ1v) is 19.1. The number of amides is 2. The van der Waals surface area contributed by atoms with Crippen molar-refractivity contribution in [2.45, 2.75) is 111 Å². The van der Waals surface area contributed by atoms with Crippen molar-refractivity contribution in [2.24, 2.45) is 0 Å². The third-order valence-corrected chi connectivity index (χ3v) is 8.35. The predicted octanol–water partition coefficient (Wildman–Crippen LogP) is 9.48. The number of carbonyl (C=O) groups is 2. The van der Waals surface area contributed by atoms with Crippen LogP contribution in [0.4, 0.5) is 9.18 Å². The summed E-state index contributed by atoms with van der Waals surface area (Å²) in [5.41, 5.74) is 4.81. The van der Waals surface area contributed by atoms with Crippen molar-refractivity contribution in [3.8, 4) is 11.1 Å². The molecule has 2 amide bonds. The van der Waals surface area contributed by atoms with Gasteiger partial charge in [0.05, 0.1) is 5.52 Å². The molecule has 1 atom stereocenters. The first-order chi connectivity index (χ1) is 25.4. The van der Waals surface area contributed by atoms with Crippen molar-refractivity contribution in [1.82, 2.24) is 19.8 Å². The Morgan fingerprint density at radius 2 is 1.66 bits per heavy atom. The zero-order chi connectivity index (χ0) is 39.4. The lowest BCUT2D eigenvalue weighted by molar-refractivity contribution is -0.132. The average Bonchev–Trinajstić information content (AvgIpc) is 3.50. The van der Waals surface area contributed by atoms with Gasteiger partial charge in [0.15, 0.2) is 0 Å². The number of nitrogens with zero attached hydrogens (tertiary/aromatic N) is 2. The number of alkyl carbamates (subject to hydrolysis) is 1. The van der Waals surface area contributed by atoms with Crippen LogP contribution in [0.1, 0.15) is 104 Å². The molecule has 0 spiro atoms. The van der Waals surface area contributed by atoms with E-state index in [-0.39, 0.29) is 34.9 Å². The van der Waals surface area contributed by atoms with Crippen molar-refractivity contribution in [3.63, 3.8) is 0 Å². The van der Waals surface area contributed by atoms with Gasteiger partial charge in [0.25, 0.3) is 0 Å². The standard InChI is InChI=1S/C32H36FN3O3.C6H13NO2.C3H8.C2H6/c1-39-18-4-17-36-29(19-25-12-14-28(33)20-30(25)36)27-6-3-16-35(22-27)32(38)7-2-5-23-8-10-24(11-9-23)26-13-15-31(37)34-21-26;1-6(2,3)9-5(8)7-4;1-3-2;1-2/h8-15,19-21,27H,2-7,16-18,22H2,1H3,(H,34,37);1-4H3,(H,7,8);3H2,1-2H3;1-2H3. The number of rotatable bonds is 10. The van der Waals surface area contributed by atoms with Gasteiger partial charge in [-0.25, -0.2) is 9.18 Å². The van der Waals surface area contributed by atoms with Crippen molar-refractivity contribution in [2.75, 3.05) is 33.9 Å². The number of likely N-dealkylation sites (tertiary alicyclic amines) is 1. The molecule has 1 saturated heterocycles. The molecule has 2 N–H and O–H groups in total. The highest BCUT2D eigenvalue weighted by Gasteiger charge is 2.27. The number of nitrogens with one attached hydrogen (secondary N) is 2. The summed E-state index contributed by atoms with van der Waals surface area (Å²) in [5, 5.41) is 3.40. The van der Waals surface area contributed by atoms with E-state index in [9.17, 15) is 18.8 Å². The van der Waals surface area contributed by atoms with Crippen LogP contribution in [0.5, 0.6) is 0 Å². The van der Waals surface area contributed by atoms with Gasteiger partial charge in [-0.05, 0) is 99.9 Å². The minimum atomic E-state index is -0.389. The molecule has 9 nitrogen and oxygen atoms in total. The van der Waals surface area contributed by atoms with Crippen molar-refractivity contribution in [1.29, 1.82) is 0 Å². The van der Waals surface area contributed by atoms with Gasteiger partial charge in [-0.15, -0.1) is 0 Å². The number of hydrogen-bond donors (Lipinski definition) is 2. The van der Waals surface area contributed by atoms with Crippen LogP contribution < -0.4 is 10.9 Å². The van der Waals surface area contributed by atoms with Crippen molar-refractivity contribution < 1.29 is 23.5 Å². The number of aromatic amines is 1. The Kier molecular flexibility index (Phi) is 19.6. The highest BCUT2D eigenvalue weighted by molar-refractivity contribution is 5.82. The van der Waals surface area contributed by atoms with Gasteiger partial charge in [-0.1, -0.05) is 58.4 Å². The van der Waals surface area contributed by atoms with Gasteiger partial charge in [-0.3, -0.25) is 9.59 Å². The summed E-state index contributed by atoms with van der Waals surface area (Å²) in [7, 11) is 3.23. The molecule has 1 aliphatic heterocycles. The molecule has 0 radical (unpaired) electrons. The monoisotopic (exact) mass is 734 g/mol. The number of benzene rings is 2. The average molecular weight is 735 g/mol. The van der Waals surface area contributed by atoms with E-state index in [1.807, 2.05) is 51.7 Å². The zero-order valence-electron chi connectivity index (χ0n) is 33.5. The third-order valence-electron chi connectivity index (χ3n) is 8.35. The molecule has 0 aliphatic carbocycles. The lowest BCUT2D eigenvalue weighted by atomic mass is 9.94. The number of aryl methyl sites for hydroxylation is 2. The fourth-order valence-corrected chi connectivity index (χ4v) is 6.03. The van der Waals surface area contributed by atoms with E-state index in [0.717, 1.165) is 67.2 Å². The minimum Gasteiger partial charge on any atom is -0.444 e. The van der Waals surface area contributed by atoms with E-state index in [4.69, 9.17) is 9.47 Å². The maximum absolute atomic E-state index is 14.1. The molecule has 10 heteroatoms. The Balaban J connectivity index is 0.000000596. The first kappa shape index (κ1) is 44.7. The van der Waals surface area contributed by atoms with Crippen LogP contribution in [0, 0.1) is 5.82 Å². The van der Waals surface area contributed by atoms with Crippen molar-refractivity contribution in [3.05, 3.63) is 94.3 Å². The number of carbonyl (C=O) groups excluding carboxylic acids is 2. The third kappa shape index (κ3) is 15.2. The van der Waals surface area contributed by atoms with Crippen LogP contribution in [-0.2, 0) is 27.2 Å². The molecule has 0 saturated carbocycles. The molecule has 53 heavy (non-hydrogen) atoms. The zero-order valence-corrected chi connectivity index (χ0v) is 33.5. The van der Waals surface area contributed by atoms with Crippen LogP contribution in [0.15, 0.2) is 71.7 Å². The fraction of sp³-hybridized carbons (Fsp3) is 0.512. The van der Waals surface area contributed by atoms with Crippen LogP contribution >= 0.6 is 0 Å². The molecule has 2 aromatic heterocycles. The highest BCUT2D eigenvalue weighted by atomic mass is 19.1. The van der Waals surface area contributed by atoms with Gasteiger partial charge in [0.1, 0.15) is 11.4 Å². The second-order valence-electron chi connectivity index (χ2n) is 13.9. The van der Waals surface area contributed by atoms with Crippen LogP contribution in [0.25, 0.3) is 22.0 Å². The molecule has 1 aliphatic rings. The number of H-pyrrole nitrogens is 1. The normalized spacial score (nSPS) is 13.8. The molecule has 4 aromatic rings. The highest BCUT2D eigenvalue weighted by Crippen LogP contribution is 2.33. The minimum absolute atomic E-state index is 0.111. The number of aromatic nitrogens is 2. The van der Waals surface area contributed by atoms with Gasteiger partial charge >= 0.3 is 6.09 Å². The second-order valence-corrected chi connectivity index (χ2v) is 13.9. The molecule has 1 unspecified atom stereocenters. The Labute approximate surface area is 316 Å². The summed E-state index contributed by atoms with van der Waals surface area (Å²) in [6.07, 6.45) is 7.59. The van der Waals surface area contributed by atoms with Crippen molar-refractivity contribution >= 4 is 22.9 Å². The van der Waals surface area contributed by atoms with Gasteiger partial charge in [0.2, 0.25) is 11.5 Å². The number of fused-ring (bicyclic) bond motifs is 1. The lowest BCUT2D eigenvalue weighted by Gasteiger charge is -2.33. The predicted molar refractivity (Wildman–Crippen MR) is 215 cm³/mol. The van der Waals surface area contributed by atoms with Crippen LogP contribution in [0.2, 0.25) is 0 Å². The Morgan fingerprint density at radius 1 is 0.981 bits per heavy atom. The number of halogens is 1. The number of pyridine rings is 1. The maximum atomic E-state index is 14.1. The summed E-state index contributed by atoms with van der Waals surface area (Å²) in [6, 6.07) is 18.8. The molecule has 0 bridgehead atoms. The van der Waals surface area contributed by atoms with E-state index in [1.165, 1.54) is 36.9 Å². The smallest absolute Gasteiger partial charge is 0.407 e. The van der Waals surface area contributed by atoms with E-state index in [2.05, 4.69) is 59.0 Å². The summed E-state index contributed by atoms with van der Waals surface area (Å²) in [6.45, 7) is 16.6. The fourth-order valence-electron chi connectivity index (χ4n) is 6.03. The number of methoxy groups -OCH3 is 1. The van der Waals surface area contributed by atoms with E-state index in [1.54, 1.807) is 19.4 Å². The summed E-state index contributed by atoms with van der Waals surface area (Å²) < 4.78 is 26.4. The molecular formula is C43H63FN4O5. The number of ether oxygens (including phenoxy) is 2. The topological polar surface area (TPSA) is 106 Å². The number of hydrogen-bond acceptors (Lipinski definition) is 5.